The predicted octanol–water partition coefficient (Wildman–Crippen LogP) is 6.46. The molecule has 3 N–H and O–H groups in total. The maximum atomic E-state index is 15.8. The summed E-state index contributed by atoms with van der Waals surface area (Å²) < 4.78 is 31.4. The second-order valence-electron chi connectivity index (χ2n) is 15.1. The second-order valence-corrected chi connectivity index (χ2v) is 15.1. The number of benzene rings is 2. The van der Waals surface area contributed by atoms with Crippen molar-refractivity contribution in [1.29, 1.82) is 0 Å². The van der Waals surface area contributed by atoms with Crippen LogP contribution in [0.5, 0.6) is 0 Å². The largest absolute Gasteiger partial charge is 0.481 e. The molecule has 2 fully saturated rings. The van der Waals surface area contributed by atoms with E-state index in [1.165, 1.54) is 54.5 Å². The van der Waals surface area contributed by atoms with Crippen molar-refractivity contribution in [1.82, 2.24) is 20.1 Å². The van der Waals surface area contributed by atoms with Crippen LogP contribution in [0.4, 0.5) is 8.78 Å². The number of carbonyl (C=O) groups is 3. The Labute approximate surface area is 298 Å². The van der Waals surface area contributed by atoms with Crippen LogP contribution in [0, 0.1) is 43.7 Å². The molecule has 11 heteroatoms. The lowest BCUT2D eigenvalue weighted by Gasteiger charge is -2.49. The molecule has 1 saturated heterocycles. The zero-order valence-electron chi connectivity index (χ0n) is 30.3. The van der Waals surface area contributed by atoms with Gasteiger partial charge >= 0.3 is 5.97 Å². The lowest BCUT2D eigenvalue weighted by Crippen LogP contribution is -2.50. The molecule has 2 atom stereocenters. The van der Waals surface area contributed by atoms with Gasteiger partial charge in [0, 0.05) is 31.4 Å². The molecule has 5 rings (SSSR count). The summed E-state index contributed by atoms with van der Waals surface area (Å²) >= 11 is 0. The monoisotopic (exact) mass is 704 g/mol. The summed E-state index contributed by atoms with van der Waals surface area (Å²) in [6, 6.07) is 6.49. The van der Waals surface area contributed by atoms with E-state index in [1.54, 1.807) is 39.1 Å². The van der Waals surface area contributed by atoms with Crippen molar-refractivity contribution in [3.8, 4) is 11.1 Å². The summed E-state index contributed by atoms with van der Waals surface area (Å²) in [6.07, 6.45) is 7.43. The molecule has 3 aromatic rings. The Bertz CT molecular complexity index is 1830. The summed E-state index contributed by atoms with van der Waals surface area (Å²) in [5.74, 6) is -3.84. The summed E-state index contributed by atoms with van der Waals surface area (Å²) in [6.45, 7) is 11.9. The first-order valence-electron chi connectivity index (χ1n) is 18.0. The van der Waals surface area contributed by atoms with E-state index in [9.17, 15) is 28.7 Å². The van der Waals surface area contributed by atoms with Crippen molar-refractivity contribution in [2.24, 2.45) is 11.3 Å². The highest BCUT2D eigenvalue weighted by Gasteiger charge is 2.40. The molecule has 1 saturated carbocycles. The Morgan fingerprint density at radius 1 is 0.941 bits per heavy atom. The van der Waals surface area contributed by atoms with Crippen LogP contribution in [-0.2, 0) is 16.1 Å². The maximum Gasteiger partial charge on any atom is 0.305 e. The van der Waals surface area contributed by atoms with Crippen molar-refractivity contribution >= 4 is 17.8 Å². The molecule has 274 valence electrons. The number of piperidine rings is 1. The molecule has 0 unspecified atom stereocenters. The number of carboxylic acids is 1. The number of amides is 2. The number of carbonyl (C=O) groups excluding carboxylic acids is 2. The van der Waals surface area contributed by atoms with Crippen molar-refractivity contribution in [2.45, 2.75) is 98.2 Å². The Kier molecular flexibility index (Phi) is 11.8. The number of aromatic nitrogens is 1. The lowest BCUT2D eigenvalue weighted by atomic mass is 9.64. The average molecular weight is 705 g/mol. The second kappa shape index (κ2) is 15.9. The van der Waals surface area contributed by atoms with Gasteiger partial charge in [-0.05, 0) is 135 Å². The minimum absolute atomic E-state index is 0.0404. The van der Waals surface area contributed by atoms with Crippen molar-refractivity contribution in [2.75, 3.05) is 19.6 Å². The molecule has 0 radical (unpaired) electrons. The standard InChI is InChI=1S/C40H50F2N4O5/c1-24(2)17-33(44-37(49)30-9-6-14-46(39(30)51)16-15-45-13-8-12-40(23-45)10-7-11-40)38(50)43-32(22-34(47)48)31-21-28(18-27(5)36(31)42)35-25(3)19-29(41)20-26(35)4/h6,9,14,18-21,24,32-33H,7-8,10-13,15-17,22-23H2,1-5H3,(H,43,50)(H,44,49)(H,47,48)/t32-,33-/m0/s1. The van der Waals surface area contributed by atoms with Crippen LogP contribution >= 0.6 is 0 Å². The zero-order valence-corrected chi connectivity index (χ0v) is 30.3. The number of nitrogens with zero attached hydrogens (tertiary/aromatic N) is 2. The number of rotatable bonds is 13. The molecule has 0 bridgehead atoms. The first-order valence-corrected chi connectivity index (χ1v) is 18.0. The van der Waals surface area contributed by atoms with Gasteiger partial charge in [0.1, 0.15) is 23.2 Å². The van der Waals surface area contributed by atoms with Crippen LogP contribution in [0.1, 0.15) is 97.4 Å². The van der Waals surface area contributed by atoms with E-state index in [-0.39, 0.29) is 29.0 Å². The maximum absolute atomic E-state index is 15.8. The van der Waals surface area contributed by atoms with Crippen LogP contribution in [0.2, 0.25) is 0 Å². The fraction of sp³-hybridized carbons (Fsp3) is 0.500. The van der Waals surface area contributed by atoms with Gasteiger partial charge in [0.2, 0.25) is 5.91 Å². The molecular weight excluding hydrogens is 654 g/mol. The van der Waals surface area contributed by atoms with Gasteiger partial charge in [-0.15, -0.1) is 0 Å². The van der Waals surface area contributed by atoms with Crippen LogP contribution in [0.15, 0.2) is 47.4 Å². The van der Waals surface area contributed by atoms with E-state index in [2.05, 4.69) is 15.5 Å². The summed E-state index contributed by atoms with van der Waals surface area (Å²) in [5, 5.41) is 15.2. The van der Waals surface area contributed by atoms with Gasteiger partial charge in [0.05, 0.1) is 12.5 Å². The fourth-order valence-electron chi connectivity index (χ4n) is 7.91. The minimum atomic E-state index is -1.29. The molecule has 2 amide bonds. The number of aryl methyl sites for hydroxylation is 3. The fourth-order valence-corrected chi connectivity index (χ4v) is 7.91. The minimum Gasteiger partial charge on any atom is -0.481 e. The number of likely N-dealkylation sites (tertiary alicyclic amines) is 1. The molecule has 1 aromatic heterocycles. The van der Waals surface area contributed by atoms with Crippen molar-refractivity contribution in [3.63, 3.8) is 0 Å². The van der Waals surface area contributed by atoms with Crippen LogP contribution in [0.25, 0.3) is 11.1 Å². The van der Waals surface area contributed by atoms with Gasteiger partial charge in [-0.25, -0.2) is 8.78 Å². The average Bonchev–Trinajstić information content (AvgIpc) is 3.03. The van der Waals surface area contributed by atoms with Crippen molar-refractivity contribution < 1.29 is 28.3 Å². The molecule has 1 aliphatic heterocycles. The van der Waals surface area contributed by atoms with Crippen LogP contribution in [-0.4, -0.2) is 58.0 Å². The lowest BCUT2D eigenvalue weighted by molar-refractivity contribution is -0.137. The van der Waals surface area contributed by atoms with Gasteiger partial charge in [0.15, 0.2) is 0 Å². The third-order valence-corrected chi connectivity index (χ3v) is 10.5. The molecule has 2 aromatic carbocycles. The van der Waals surface area contributed by atoms with E-state index < -0.39 is 53.5 Å². The van der Waals surface area contributed by atoms with Gasteiger partial charge in [-0.2, -0.15) is 0 Å². The molecule has 51 heavy (non-hydrogen) atoms. The Morgan fingerprint density at radius 3 is 2.25 bits per heavy atom. The van der Waals surface area contributed by atoms with Crippen LogP contribution in [0.3, 0.4) is 0 Å². The number of pyridine rings is 1. The number of nitrogens with one attached hydrogen (secondary N) is 2. The quantitative estimate of drug-likeness (QED) is 0.188. The van der Waals surface area contributed by atoms with E-state index in [1.807, 2.05) is 13.8 Å². The molecule has 9 nitrogen and oxygen atoms in total. The Balaban J connectivity index is 1.35. The van der Waals surface area contributed by atoms with Crippen LogP contribution < -0.4 is 16.2 Å². The van der Waals surface area contributed by atoms with Gasteiger partial charge in [-0.3, -0.25) is 19.2 Å². The van der Waals surface area contributed by atoms with E-state index in [4.69, 9.17) is 0 Å². The molecule has 2 heterocycles. The zero-order chi connectivity index (χ0) is 37.0. The molecule has 2 aliphatic rings. The van der Waals surface area contributed by atoms with E-state index in [0.29, 0.717) is 40.8 Å². The van der Waals surface area contributed by atoms with E-state index in [0.717, 1.165) is 19.5 Å². The van der Waals surface area contributed by atoms with Gasteiger partial charge in [-0.1, -0.05) is 20.3 Å². The molecular formula is C40H50F2N4O5. The summed E-state index contributed by atoms with van der Waals surface area (Å²) in [5.41, 5.74) is 2.53. The smallest absolute Gasteiger partial charge is 0.305 e. The summed E-state index contributed by atoms with van der Waals surface area (Å²) in [7, 11) is 0. The Morgan fingerprint density at radius 2 is 1.63 bits per heavy atom. The Hall–Kier alpha value is -4.38. The van der Waals surface area contributed by atoms with Gasteiger partial charge < -0.3 is 25.2 Å². The predicted molar refractivity (Wildman–Crippen MR) is 193 cm³/mol. The van der Waals surface area contributed by atoms with E-state index >= 15 is 4.39 Å². The molecule has 1 aliphatic carbocycles. The SMILES string of the molecule is Cc1cc(-c2c(C)cc(F)cc2C)cc([C@H](CC(=O)O)NC(=O)[C@H](CC(C)C)NC(=O)c2cccn(CCN3CCCC4(CCC4)C3)c2=O)c1F. The topological polar surface area (TPSA) is 121 Å². The number of carboxylic acid groups (broad SMARTS) is 1. The summed E-state index contributed by atoms with van der Waals surface area (Å²) in [4.78, 5) is 55.3. The third kappa shape index (κ3) is 8.92. The molecule has 1 spiro atoms. The first-order chi connectivity index (χ1) is 24.2. The normalized spacial score (nSPS) is 16.8. The number of hydrogen-bond acceptors (Lipinski definition) is 5. The third-order valence-electron chi connectivity index (χ3n) is 10.5. The highest BCUT2D eigenvalue weighted by Crippen LogP contribution is 2.47. The highest BCUT2D eigenvalue weighted by molar-refractivity contribution is 5.97. The van der Waals surface area contributed by atoms with Crippen molar-refractivity contribution in [3.05, 3.63) is 92.4 Å². The first kappa shape index (κ1) is 37.9. The van der Waals surface area contributed by atoms with Gasteiger partial charge in [0.25, 0.3) is 11.5 Å². The number of aliphatic carboxylic acids is 1. The number of hydrogen-bond donors (Lipinski definition) is 3. The highest BCUT2D eigenvalue weighted by atomic mass is 19.1. The number of halogens is 2.